The standard InChI is InChI=1S/C12H17ClN2O2/c1-8(7-14-2)12(16)15-9-4-5-10(13)11(6-9)17-3/h4-6,8,14H,7H2,1-3H3,(H,15,16). The van der Waals surface area contributed by atoms with Gasteiger partial charge in [-0.2, -0.15) is 0 Å². The van der Waals surface area contributed by atoms with Crippen LogP contribution in [0.2, 0.25) is 5.02 Å². The maximum absolute atomic E-state index is 11.8. The Balaban J connectivity index is 2.71. The van der Waals surface area contributed by atoms with E-state index in [2.05, 4.69) is 10.6 Å². The van der Waals surface area contributed by atoms with E-state index < -0.39 is 0 Å². The molecule has 1 amide bonds. The van der Waals surface area contributed by atoms with Gasteiger partial charge in [-0.3, -0.25) is 4.79 Å². The summed E-state index contributed by atoms with van der Waals surface area (Å²) in [6.45, 7) is 2.50. The van der Waals surface area contributed by atoms with Gasteiger partial charge in [-0.15, -0.1) is 0 Å². The SMILES string of the molecule is CNCC(C)C(=O)Nc1ccc(Cl)c(OC)c1. The zero-order valence-corrected chi connectivity index (χ0v) is 11.0. The van der Waals surface area contributed by atoms with Crippen molar-refractivity contribution < 1.29 is 9.53 Å². The van der Waals surface area contributed by atoms with Gasteiger partial charge in [0, 0.05) is 24.2 Å². The quantitative estimate of drug-likeness (QED) is 0.849. The van der Waals surface area contributed by atoms with Crippen molar-refractivity contribution in [1.82, 2.24) is 5.32 Å². The molecule has 1 rings (SSSR count). The predicted molar refractivity (Wildman–Crippen MR) is 69.7 cm³/mol. The van der Waals surface area contributed by atoms with Gasteiger partial charge in [-0.1, -0.05) is 18.5 Å². The average molecular weight is 257 g/mol. The van der Waals surface area contributed by atoms with Crippen LogP contribution < -0.4 is 15.4 Å². The lowest BCUT2D eigenvalue weighted by molar-refractivity contribution is -0.119. The van der Waals surface area contributed by atoms with Gasteiger partial charge in [0.15, 0.2) is 0 Å². The monoisotopic (exact) mass is 256 g/mol. The molecule has 0 aliphatic carbocycles. The Morgan fingerprint density at radius 3 is 2.82 bits per heavy atom. The third kappa shape index (κ3) is 3.91. The molecule has 1 unspecified atom stereocenters. The van der Waals surface area contributed by atoms with Crippen LogP contribution in [-0.4, -0.2) is 26.6 Å². The first-order valence-corrected chi connectivity index (χ1v) is 5.75. The van der Waals surface area contributed by atoms with Gasteiger partial charge >= 0.3 is 0 Å². The Labute approximate surface area is 106 Å². The van der Waals surface area contributed by atoms with E-state index in [4.69, 9.17) is 16.3 Å². The van der Waals surface area contributed by atoms with E-state index in [0.717, 1.165) is 0 Å². The first-order valence-electron chi connectivity index (χ1n) is 5.37. The molecule has 0 heterocycles. The maximum atomic E-state index is 11.8. The van der Waals surface area contributed by atoms with Crippen molar-refractivity contribution in [1.29, 1.82) is 0 Å². The van der Waals surface area contributed by atoms with Crippen LogP contribution in [0.15, 0.2) is 18.2 Å². The van der Waals surface area contributed by atoms with Crippen LogP contribution in [-0.2, 0) is 4.79 Å². The molecule has 0 saturated heterocycles. The highest BCUT2D eigenvalue weighted by Gasteiger charge is 2.12. The van der Waals surface area contributed by atoms with Crippen molar-refractivity contribution in [2.45, 2.75) is 6.92 Å². The fourth-order valence-corrected chi connectivity index (χ4v) is 1.60. The van der Waals surface area contributed by atoms with Crippen molar-refractivity contribution in [2.75, 3.05) is 26.0 Å². The van der Waals surface area contributed by atoms with Crippen molar-refractivity contribution >= 4 is 23.2 Å². The molecule has 1 aromatic carbocycles. The minimum atomic E-state index is -0.0957. The lowest BCUT2D eigenvalue weighted by Gasteiger charge is -2.12. The molecule has 0 bridgehead atoms. The number of benzene rings is 1. The van der Waals surface area contributed by atoms with E-state index in [9.17, 15) is 4.79 Å². The summed E-state index contributed by atoms with van der Waals surface area (Å²) in [5.74, 6) is 0.413. The van der Waals surface area contributed by atoms with E-state index in [1.165, 1.54) is 7.11 Å². The minimum Gasteiger partial charge on any atom is -0.495 e. The molecule has 0 aliphatic heterocycles. The molecule has 0 aromatic heterocycles. The summed E-state index contributed by atoms with van der Waals surface area (Å²) >= 11 is 5.90. The molecule has 0 spiro atoms. The average Bonchev–Trinajstić information content (AvgIpc) is 2.31. The Morgan fingerprint density at radius 2 is 2.24 bits per heavy atom. The molecule has 0 radical (unpaired) electrons. The molecular weight excluding hydrogens is 240 g/mol. The van der Waals surface area contributed by atoms with Crippen LogP contribution in [0.25, 0.3) is 0 Å². The second-order valence-corrected chi connectivity index (χ2v) is 4.20. The van der Waals surface area contributed by atoms with Crippen LogP contribution >= 0.6 is 11.6 Å². The molecule has 2 N–H and O–H groups in total. The van der Waals surface area contributed by atoms with Crippen LogP contribution in [0.5, 0.6) is 5.75 Å². The molecule has 17 heavy (non-hydrogen) atoms. The lowest BCUT2D eigenvalue weighted by Crippen LogP contribution is -2.28. The van der Waals surface area contributed by atoms with Gasteiger partial charge in [-0.05, 0) is 19.2 Å². The second kappa shape index (κ2) is 6.47. The number of methoxy groups -OCH3 is 1. The van der Waals surface area contributed by atoms with E-state index in [1.54, 1.807) is 18.2 Å². The fraction of sp³-hybridized carbons (Fsp3) is 0.417. The lowest BCUT2D eigenvalue weighted by atomic mass is 10.1. The van der Waals surface area contributed by atoms with Crippen LogP contribution in [0.4, 0.5) is 5.69 Å². The summed E-state index contributed by atoms with van der Waals surface area (Å²) in [5.41, 5.74) is 0.680. The number of hydrogen-bond acceptors (Lipinski definition) is 3. The van der Waals surface area contributed by atoms with Crippen molar-refractivity contribution in [2.24, 2.45) is 5.92 Å². The number of anilines is 1. The summed E-state index contributed by atoms with van der Waals surface area (Å²) in [6.07, 6.45) is 0. The molecule has 1 aromatic rings. The van der Waals surface area contributed by atoms with Crippen LogP contribution in [0, 0.1) is 5.92 Å². The molecule has 94 valence electrons. The van der Waals surface area contributed by atoms with E-state index in [-0.39, 0.29) is 11.8 Å². The van der Waals surface area contributed by atoms with Crippen molar-refractivity contribution in [3.05, 3.63) is 23.2 Å². The Bertz CT molecular complexity index is 396. The molecule has 1 atom stereocenters. The summed E-state index contributed by atoms with van der Waals surface area (Å²) in [5, 5.41) is 6.29. The first-order chi connectivity index (χ1) is 8.08. The van der Waals surface area contributed by atoms with E-state index in [1.807, 2.05) is 14.0 Å². The number of halogens is 1. The number of carbonyl (C=O) groups is 1. The van der Waals surface area contributed by atoms with Crippen molar-refractivity contribution in [3.63, 3.8) is 0 Å². The van der Waals surface area contributed by atoms with Gasteiger partial charge < -0.3 is 15.4 Å². The second-order valence-electron chi connectivity index (χ2n) is 3.80. The van der Waals surface area contributed by atoms with Gasteiger partial charge in [0.25, 0.3) is 0 Å². The fourth-order valence-electron chi connectivity index (χ4n) is 1.40. The highest BCUT2D eigenvalue weighted by atomic mass is 35.5. The topological polar surface area (TPSA) is 50.4 Å². The highest BCUT2D eigenvalue weighted by Crippen LogP contribution is 2.27. The molecule has 4 nitrogen and oxygen atoms in total. The highest BCUT2D eigenvalue weighted by molar-refractivity contribution is 6.32. The number of ether oxygens (including phenoxy) is 1. The zero-order chi connectivity index (χ0) is 12.8. The largest absolute Gasteiger partial charge is 0.495 e. The maximum Gasteiger partial charge on any atom is 0.228 e. The molecular formula is C12H17ClN2O2. The summed E-state index contributed by atoms with van der Waals surface area (Å²) < 4.78 is 5.08. The number of nitrogens with one attached hydrogen (secondary N) is 2. The van der Waals surface area contributed by atoms with Gasteiger partial charge in [0.1, 0.15) is 5.75 Å². The summed E-state index contributed by atoms with van der Waals surface area (Å²) in [4.78, 5) is 11.8. The van der Waals surface area contributed by atoms with E-state index in [0.29, 0.717) is 23.0 Å². The third-order valence-electron chi connectivity index (χ3n) is 2.38. The van der Waals surface area contributed by atoms with Gasteiger partial charge in [0.05, 0.1) is 12.1 Å². The van der Waals surface area contributed by atoms with Crippen LogP contribution in [0.3, 0.4) is 0 Å². The molecule has 0 fully saturated rings. The van der Waals surface area contributed by atoms with Crippen molar-refractivity contribution in [3.8, 4) is 5.75 Å². The third-order valence-corrected chi connectivity index (χ3v) is 2.69. The number of amides is 1. The number of rotatable bonds is 5. The zero-order valence-electron chi connectivity index (χ0n) is 10.2. The van der Waals surface area contributed by atoms with Gasteiger partial charge in [-0.25, -0.2) is 0 Å². The first kappa shape index (κ1) is 13.8. The molecule has 0 aliphatic rings. The summed E-state index contributed by atoms with van der Waals surface area (Å²) in [6, 6.07) is 5.14. The molecule has 0 saturated carbocycles. The predicted octanol–water partition coefficient (Wildman–Crippen LogP) is 2.14. The molecule has 5 heteroatoms. The van der Waals surface area contributed by atoms with Crippen LogP contribution in [0.1, 0.15) is 6.92 Å². The van der Waals surface area contributed by atoms with Gasteiger partial charge in [0.2, 0.25) is 5.91 Å². The van der Waals surface area contributed by atoms with E-state index >= 15 is 0 Å². The smallest absolute Gasteiger partial charge is 0.228 e. The number of hydrogen-bond donors (Lipinski definition) is 2. The Hall–Kier alpha value is -1.26. The number of carbonyl (C=O) groups excluding carboxylic acids is 1. The minimum absolute atomic E-state index is 0.0382. The normalized spacial score (nSPS) is 12.0. The summed E-state index contributed by atoms with van der Waals surface area (Å²) in [7, 11) is 3.35. The Morgan fingerprint density at radius 1 is 1.53 bits per heavy atom. The Kier molecular flexibility index (Phi) is 5.25.